The molecule has 120 valence electrons. The van der Waals surface area contributed by atoms with Gasteiger partial charge < -0.3 is 11.1 Å². The third-order valence-electron chi connectivity index (χ3n) is 3.66. The minimum atomic E-state index is -0.834. The topological polar surface area (TPSA) is 98.0 Å². The zero-order valence-electron chi connectivity index (χ0n) is 12.8. The second kappa shape index (κ2) is 6.87. The lowest BCUT2D eigenvalue weighted by molar-refractivity contribution is -0.119. The molecule has 1 atom stereocenters. The van der Waals surface area contributed by atoms with Gasteiger partial charge in [-0.1, -0.05) is 24.3 Å². The highest BCUT2D eigenvalue weighted by Gasteiger charge is 2.20. The number of primary amides is 1. The van der Waals surface area contributed by atoms with Crippen molar-refractivity contribution in [2.24, 2.45) is 5.73 Å². The summed E-state index contributed by atoms with van der Waals surface area (Å²) < 4.78 is 0. The van der Waals surface area contributed by atoms with Crippen LogP contribution in [0, 0.1) is 0 Å². The molecule has 0 fully saturated rings. The summed E-state index contributed by atoms with van der Waals surface area (Å²) in [6.07, 6.45) is 3.26. The van der Waals surface area contributed by atoms with Crippen LogP contribution in [0.5, 0.6) is 0 Å². The molecule has 0 aliphatic rings. The lowest BCUT2D eigenvalue weighted by Crippen LogP contribution is -2.46. The summed E-state index contributed by atoms with van der Waals surface area (Å²) in [6, 6.07) is 13.8. The van der Waals surface area contributed by atoms with Crippen LogP contribution in [0.25, 0.3) is 10.9 Å². The van der Waals surface area contributed by atoms with Crippen molar-refractivity contribution in [3.63, 3.8) is 0 Å². The fourth-order valence-electron chi connectivity index (χ4n) is 2.40. The minimum absolute atomic E-state index is 0.233. The van der Waals surface area contributed by atoms with E-state index in [1.165, 1.54) is 12.4 Å². The average molecular weight is 320 g/mol. The molecule has 2 amide bonds. The van der Waals surface area contributed by atoms with E-state index in [4.69, 9.17) is 5.73 Å². The molecule has 6 nitrogen and oxygen atoms in total. The quantitative estimate of drug-likeness (QED) is 0.743. The number of para-hydroxylation sites is 1. The summed E-state index contributed by atoms with van der Waals surface area (Å²) in [4.78, 5) is 32.3. The molecule has 0 radical (unpaired) electrons. The summed E-state index contributed by atoms with van der Waals surface area (Å²) in [5, 5.41) is 3.66. The van der Waals surface area contributed by atoms with Crippen molar-refractivity contribution in [3.8, 4) is 0 Å². The van der Waals surface area contributed by atoms with E-state index in [-0.39, 0.29) is 12.3 Å². The average Bonchev–Trinajstić information content (AvgIpc) is 2.61. The summed E-state index contributed by atoms with van der Waals surface area (Å²) in [5.74, 6) is -0.977. The van der Waals surface area contributed by atoms with Crippen LogP contribution in [0.1, 0.15) is 16.1 Å². The van der Waals surface area contributed by atoms with Gasteiger partial charge in [0.1, 0.15) is 6.04 Å². The molecule has 0 saturated heterocycles. The molecule has 24 heavy (non-hydrogen) atoms. The summed E-state index contributed by atoms with van der Waals surface area (Å²) >= 11 is 0. The molecule has 0 bridgehead atoms. The first-order valence-electron chi connectivity index (χ1n) is 7.48. The van der Waals surface area contributed by atoms with Crippen molar-refractivity contribution in [1.29, 1.82) is 0 Å². The molecular formula is C18H16N4O2. The molecule has 0 saturated carbocycles. The Bertz CT molecular complexity index is 880. The number of benzene rings is 1. The largest absolute Gasteiger partial charge is 0.368 e. The van der Waals surface area contributed by atoms with Gasteiger partial charge in [0.05, 0.1) is 5.52 Å². The van der Waals surface area contributed by atoms with Gasteiger partial charge in [0.2, 0.25) is 5.91 Å². The van der Waals surface area contributed by atoms with Crippen LogP contribution in [-0.4, -0.2) is 27.8 Å². The number of amides is 2. The van der Waals surface area contributed by atoms with Gasteiger partial charge in [0.15, 0.2) is 0 Å². The van der Waals surface area contributed by atoms with Crippen LogP contribution in [-0.2, 0) is 11.2 Å². The highest BCUT2D eigenvalue weighted by atomic mass is 16.2. The number of carbonyl (C=O) groups is 2. The molecule has 2 heterocycles. The number of hydrogen-bond acceptors (Lipinski definition) is 4. The maximum atomic E-state index is 12.2. The standard InChI is InChI=1S/C18H16N4O2/c19-17(23)16(22-18(24)13-7-9-20-10-8-13)11-14-6-5-12-3-1-2-4-15(12)21-14/h1-10,16H,11H2,(H2,19,23)(H,22,24)/t16-/m1/s1. The van der Waals surface area contributed by atoms with Gasteiger partial charge >= 0.3 is 0 Å². The zero-order chi connectivity index (χ0) is 16.9. The Morgan fingerprint density at radius 3 is 2.54 bits per heavy atom. The Kier molecular flexibility index (Phi) is 4.47. The van der Waals surface area contributed by atoms with Crippen LogP contribution >= 0.6 is 0 Å². The van der Waals surface area contributed by atoms with Gasteiger partial charge in [-0.05, 0) is 24.3 Å². The fraction of sp³-hybridized carbons (Fsp3) is 0.111. The minimum Gasteiger partial charge on any atom is -0.368 e. The molecule has 3 aromatic rings. The second-order valence-corrected chi connectivity index (χ2v) is 5.36. The zero-order valence-corrected chi connectivity index (χ0v) is 12.8. The van der Waals surface area contributed by atoms with Crippen molar-refractivity contribution in [3.05, 3.63) is 72.2 Å². The van der Waals surface area contributed by atoms with E-state index in [1.807, 2.05) is 36.4 Å². The van der Waals surface area contributed by atoms with Crippen molar-refractivity contribution in [2.45, 2.75) is 12.5 Å². The van der Waals surface area contributed by atoms with Crippen molar-refractivity contribution in [1.82, 2.24) is 15.3 Å². The van der Waals surface area contributed by atoms with Gasteiger partial charge in [0.25, 0.3) is 5.91 Å². The maximum Gasteiger partial charge on any atom is 0.252 e. The van der Waals surface area contributed by atoms with E-state index in [1.54, 1.807) is 12.1 Å². The smallest absolute Gasteiger partial charge is 0.252 e. The fourth-order valence-corrected chi connectivity index (χ4v) is 2.40. The molecule has 0 aliphatic heterocycles. The molecule has 0 spiro atoms. The SMILES string of the molecule is NC(=O)[C@@H](Cc1ccc2ccccc2n1)NC(=O)c1ccncc1. The third-order valence-corrected chi connectivity index (χ3v) is 3.66. The number of fused-ring (bicyclic) bond motifs is 1. The first kappa shape index (κ1) is 15.6. The van der Waals surface area contributed by atoms with Crippen molar-refractivity contribution in [2.75, 3.05) is 0 Å². The lowest BCUT2D eigenvalue weighted by Gasteiger charge is -2.15. The van der Waals surface area contributed by atoms with Crippen molar-refractivity contribution < 1.29 is 9.59 Å². The van der Waals surface area contributed by atoms with E-state index in [2.05, 4.69) is 15.3 Å². The Hall–Kier alpha value is -3.28. The Morgan fingerprint density at radius 1 is 1.04 bits per heavy atom. The molecule has 0 unspecified atom stereocenters. The van der Waals surface area contributed by atoms with E-state index in [0.29, 0.717) is 11.3 Å². The molecular weight excluding hydrogens is 304 g/mol. The highest BCUT2D eigenvalue weighted by Crippen LogP contribution is 2.13. The maximum absolute atomic E-state index is 12.2. The molecule has 2 aromatic heterocycles. The lowest BCUT2D eigenvalue weighted by atomic mass is 10.1. The van der Waals surface area contributed by atoms with Gasteiger partial charge in [-0.3, -0.25) is 19.6 Å². The van der Waals surface area contributed by atoms with E-state index in [9.17, 15) is 9.59 Å². The number of nitrogens with one attached hydrogen (secondary N) is 1. The number of hydrogen-bond donors (Lipinski definition) is 2. The number of nitrogens with zero attached hydrogens (tertiary/aromatic N) is 2. The predicted octanol–water partition coefficient (Wildman–Crippen LogP) is 1.46. The van der Waals surface area contributed by atoms with E-state index < -0.39 is 11.9 Å². The molecule has 1 aromatic carbocycles. The number of rotatable bonds is 5. The van der Waals surface area contributed by atoms with Crippen LogP contribution in [0.3, 0.4) is 0 Å². The monoisotopic (exact) mass is 320 g/mol. The molecule has 3 rings (SSSR count). The molecule has 6 heteroatoms. The predicted molar refractivity (Wildman–Crippen MR) is 90.1 cm³/mol. The van der Waals surface area contributed by atoms with Gasteiger partial charge in [-0.15, -0.1) is 0 Å². The van der Waals surface area contributed by atoms with E-state index in [0.717, 1.165) is 10.9 Å². The number of aromatic nitrogens is 2. The first-order chi connectivity index (χ1) is 11.6. The normalized spacial score (nSPS) is 11.8. The summed E-state index contributed by atoms with van der Waals surface area (Å²) in [7, 11) is 0. The summed E-state index contributed by atoms with van der Waals surface area (Å²) in [5.41, 5.74) is 7.37. The Labute approximate surface area is 138 Å². The van der Waals surface area contributed by atoms with Crippen LogP contribution in [0.4, 0.5) is 0 Å². The van der Waals surface area contributed by atoms with Crippen molar-refractivity contribution >= 4 is 22.7 Å². The third kappa shape index (κ3) is 3.55. The molecule has 3 N–H and O–H groups in total. The van der Waals surface area contributed by atoms with Crippen LogP contribution < -0.4 is 11.1 Å². The number of nitrogens with two attached hydrogens (primary N) is 1. The van der Waals surface area contributed by atoms with E-state index >= 15 is 0 Å². The number of pyridine rings is 2. The molecule has 0 aliphatic carbocycles. The summed E-state index contributed by atoms with van der Waals surface area (Å²) in [6.45, 7) is 0. The second-order valence-electron chi connectivity index (χ2n) is 5.36. The first-order valence-corrected chi connectivity index (χ1v) is 7.48. The Balaban J connectivity index is 1.78. The van der Waals surface area contributed by atoms with Gasteiger partial charge in [0, 0.05) is 35.5 Å². The van der Waals surface area contributed by atoms with Crippen LogP contribution in [0.2, 0.25) is 0 Å². The van der Waals surface area contributed by atoms with Gasteiger partial charge in [-0.25, -0.2) is 0 Å². The number of carbonyl (C=O) groups excluding carboxylic acids is 2. The highest BCUT2D eigenvalue weighted by molar-refractivity contribution is 5.97. The Morgan fingerprint density at radius 2 is 1.79 bits per heavy atom. The van der Waals surface area contributed by atoms with Crippen LogP contribution in [0.15, 0.2) is 60.9 Å². The van der Waals surface area contributed by atoms with Gasteiger partial charge in [-0.2, -0.15) is 0 Å².